The quantitative estimate of drug-likeness (QED) is 0.869. The molecule has 0 radical (unpaired) electrons. The second-order valence-corrected chi connectivity index (χ2v) is 9.23. The van der Waals surface area contributed by atoms with E-state index in [4.69, 9.17) is 4.74 Å². The molecule has 0 unspecified atom stereocenters. The zero-order valence-electron chi connectivity index (χ0n) is 16.6. The number of rotatable bonds is 2. The van der Waals surface area contributed by atoms with Crippen LogP contribution in [-0.2, 0) is 11.8 Å². The zero-order chi connectivity index (χ0) is 19.0. The number of anilines is 1. The van der Waals surface area contributed by atoms with Gasteiger partial charge in [-0.1, -0.05) is 24.3 Å². The molecule has 2 aliphatic heterocycles. The van der Waals surface area contributed by atoms with Gasteiger partial charge in [-0.05, 0) is 69.0 Å². The van der Waals surface area contributed by atoms with Gasteiger partial charge in [0, 0.05) is 29.8 Å². The molecule has 6 rings (SSSR count). The molecular formula is C24H28N2O2. The van der Waals surface area contributed by atoms with E-state index in [1.54, 1.807) is 0 Å². The molecule has 2 aromatic carbocycles. The number of aromatic hydroxyl groups is 1. The number of piperidine rings is 1. The summed E-state index contributed by atoms with van der Waals surface area (Å²) in [4.78, 5) is 4.99. The van der Waals surface area contributed by atoms with E-state index in [2.05, 4.69) is 60.3 Å². The minimum Gasteiger partial charge on any atom is -0.504 e. The van der Waals surface area contributed by atoms with Crippen molar-refractivity contribution in [3.05, 3.63) is 53.6 Å². The fourth-order valence-corrected chi connectivity index (χ4v) is 6.96. The lowest BCUT2D eigenvalue weighted by molar-refractivity contribution is -0.0517. The molecule has 146 valence electrons. The number of benzene rings is 2. The molecule has 0 amide bonds. The van der Waals surface area contributed by atoms with Crippen LogP contribution in [0.25, 0.3) is 0 Å². The van der Waals surface area contributed by atoms with Gasteiger partial charge in [-0.25, -0.2) is 0 Å². The molecule has 0 aromatic heterocycles. The number of ether oxygens (including phenoxy) is 1. The summed E-state index contributed by atoms with van der Waals surface area (Å²) in [7, 11) is 4.50. The summed E-state index contributed by atoms with van der Waals surface area (Å²) < 4.78 is 6.69. The van der Waals surface area contributed by atoms with Crippen molar-refractivity contribution in [2.75, 3.05) is 25.5 Å². The van der Waals surface area contributed by atoms with Gasteiger partial charge in [0.1, 0.15) is 6.10 Å². The zero-order valence-corrected chi connectivity index (χ0v) is 16.6. The van der Waals surface area contributed by atoms with Crippen molar-refractivity contribution < 1.29 is 9.84 Å². The number of hydrogen-bond acceptors (Lipinski definition) is 4. The molecule has 2 heterocycles. The van der Waals surface area contributed by atoms with Crippen molar-refractivity contribution >= 4 is 5.69 Å². The van der Waals surface area contributed by atoms with Gasteiger partial charge < -0.3 is 19.6 Å². The minimum atomic E-state index is 0.0464. The lowest BCUT2D eigenvalue weighted by Crippen LogP contribution is -2.68. The van der Waals surface area contributed by atoms with Crippen LogP contribution in [0.5, 0.6) is 11.5 Å². The molecule has 1 N–H and O–H groups in total. The minimum absolute atomic E-state index is 0.0464. The van der Waals surface area contributed by atoms with E-state index < -0.39 is 0 Å². The van der Waals surface area contributed by atoms with E-state index >= 15 is 0 Å². The maximum Gasteiger partial charge on any atom is 0.165 e. The van der Waals surface area contributed by atoms with Gasteiger partial charge >= 0.3 is 0 Å². The van der Waals surface area contributed by atoms with Gasteiger partial charge in [-0.15, -0.1) is 0 Å². The van der Waals surface area contributed by atoms with Crippen molar-refractivity contribution in [1.82, 2.24) is 4.90 Å². The maximum absolute atomic E-state index is 10.7. The Labute approximate surface area is 166 Å². The van der Waals surface area contributed by atoms with Crippen LogP contribution in [0.4, 0.5) is 5.69 Å². The van der Waals surface area contributed by atoms with Crippen molar-refractivity contribution in [1.29, 1.82) is 0 Å². The Hall–Kier alpha value is -2.20. The van der Waals surface area contributed by atoms with Gasteiger partial charge in [0.05, 0.1) is 6.04 Å². The SMILES string of the molecule is CN1CC[C@]23c4c5ccc(O)c4O[C@H]2[C@H](N(C)c2ccccc2)CC[C@H]3[C@H]1C5. The van der Waals surface area contributed by atoms with Gasteiger partial charge in [0.15, 0.2) is 11.5 Å². The average Bonchev–Trinajstić information content (AvgIpc) is 3.08. The first-order valence-corrected chi connectivity index (χ1v) is 10.6. The summed E-state index contributed by atoms with van der Waals surface area (Å²) in [6.45, 7) is 1.11. The highest BCUT2D eigenvalue weighted by Crippen LogP contribution is 2.64. The Balaban J connectivity index is 1.51. The number of nitrogens with zero attached hydrogens (tertiary/aromatic N) is 2. The summed E-state index contributed by atoms with van der Waals surface area (Å²) in [5.41, 5.74) is 4.03. The summed E-state index contributed by atoms with van der Waals surface area (Å²) >= 11 is 0. The van der Waals surface area contributed by atoms with E-state index in [0.29, 0.717) is 23.8 Å². The summed E-state index contributed by atoms with van der Waals surface area (Å²) in [6, 6.07) is 15.6. The summed E-state index contributed by atoms with van der Waals surface area (Å²) in [6.07, 6.45) is 4.68. The van der Waals surface area contributed by atoms with Gasteiger partial charge in [0.25, 0.3) is 0 Å². The standard InChI is InChI=1S/C24H28N2O2/c1-25-13-12-24-17-9-10-18(26(2)16-6-4-3-5-7-16)23(24)28-22-20(27)11-8-15(21(22)24)14-19(17)25/h3-8,11,17-19,23,27H,9-10,12-14H2,1-2H3/t17-,18+,19+,23-,24-/m0/s1. The Kier molecular flexibility index (Phi) is 3.38. The van der Waals surface area contributed by atoms with Crippen LogP contribution in [-0.4, -0.2) is 48.8 Å². The van der Waals surface area contributed by atoms with Crippen molar-refractivity contribution in [3.63, 3.8) is 0 Å². The Morgan fingerprint density at radius 2 is 1.96 bits per heavy atom. The molecule has 4 aliphatic rings. The number of phenols is 1. The monoisotopic (exact) mass is 376 g/mol. The predicted molar refractivity (Wildman–Crippen MR) is 110 cm³/mol. The summed E-state index contributed by atoms with van der Waals surface area (Å²) in [5, 5.41) is 10.7. The van der Waals surface area contributed by atoms with Crippen LogP contribution in [0.2, 0.25) is 0 Å². The van der Waals surface area contributed by atoms with E-state index in [1.165, 1.54) is 23.2 Å². The van der Waals surface area contributed by atoms with Crippen LogP contribution >= 0.6 is 0 Å². The number of para-hydroxylation sites is 1. The lowest BCUT2D eigenvalue weighted by atomic mass is 9.51. The first-order valence-electron chi connectivity index (χ1n) is 10.6. The van der Waals surface area contributed by atoms with Crippen LogP contribution in [0.3, 0.4) is 0 Å². The van der Waals surface area contributed by atoms with Crippen molar-refractivity contribution in [2.45, 2.75) is 49.3 Å². The first-order chi connectivity index (χ1) is 13.6. The first kappa shape index (κ1) is 16.7. The average molecular weight is 377 g/mol. The number of hydrogen-bond donors (Lipinski definition) is 1. The predicted octanol–water partition coefficient (Wildman–Crippen LogP) is 3.57. The fourth-order valence-electron chi connectivity index (χ4n) is 6.96. The largest absolute Gasteiger partial charge is 0.504 e. The molecule has 1 saturated heterocycles. The third-order valence-corrected chi connectivity index (χ3v) is 8.22. The third kappa shape index (κ3) is 1.94. The highest BCUT2D eigenvalue weighted by molar-refractivity contribution is 5.61. The Morgan fingerprint density at radius 3 is 2.79 bits per heavy atom. The van der Waals surface area contributed by atoms with E-state index in [9.17, 15) is 5.11 Å². The number of phenolic OH excluding ortho intramolecular Hbond substituents is 1. The topological polar surface area (TPSA) is 35.9 Å². The normalized spacial score (nSPS) is 35.2. The van der Waals surface area contributed by atoms with Gasteiger partial charge in [-0.3, -0.25) is 0 Å². The molecule has 4 heteroatoms. The van der Waals surface area contributed by atoms with Gasteiger partial charge in [0.2, 0.25) is 0 Å². The Bertz CT molecular complexity index is 930. The second-order valence-electron chi connectivity index (χ2n) is 9.23. The van der Waals surface area contributed by atoms with Crippen LogP contribution in [0, 0.1) is 5.92 Å². The maximum atomic E-state index is 10.7. The molecule has 2 bridgehead atoms. The lowest BCUT2D eigenvalue weighted by Gasteiger charge is -2.60. The Morgan fingerprint density at radius 1 is 1.14 bits per heavy atom. The molecule has 2 fully saturated rings. The van der Waals surface area contributed by atoms with Crippen LogP contribution in [0.15, 0.2) is 42.5 Å². The van der Waals surface area contributed by atoms with Crippen LogP contribution < -0.4 is 9.64 Å². The van der Waals surface area contributed by atoms with Gasteiger partial charge in [-0.2, -0.15) is 0 Å². The second kappa shape index (κ2) is 5.66. The molecule has 5 atom stereocenters. The molecule has 1 spiro atoms. The number of likely N-dealkylation sites (tertiary alicyclic amines) is 1. The molecule has 2 aliphatic carbocycles. The molecular weight excluding hydrogens is 348 g/mol. The summed E-state index contributed by atoms with van der Waals surface area (Å²) in [5.74, 6) is 1.72. The molecule has 1 saturated carbocycles. The number of likely N-dealkylation sites (N-methyl/N-ethyl adjacent to an activating group) is 2. The third-order valence-electron chi connectivity index (χ3n) is 8.22. The smallest absolute Gasteiger partial charge is 0.165 e. The molecule has 4 nitrogen and oxygen atoms in total. The fraction of sp³-hybridized carbons (Fsp3) is 0.500. The molecule has 2 aromatic rings. The highest BCUT2D eigenvalue weighted by atomic mass is 16.5. The molecule has 28 heavy (non-hydrogen) atoms. The highest BCUT2D eigenvalue weighted by Gasteiger charge is 2.65. The van der Waals surface area contributed by atoms with E-state index in [-0.39, 0.29) is 11.5 Å². The van der Waals surface area contributed by atoms with Crippen molar-refractivity contribution in [2.24, 2.45) is 5.92 Å². The van der Waals surface area contributed by atoms with E-state index in [0.717, 1.165) is 31.6 Å². The van der Waals surface area contributed by atoms with Crippen LogP contribution in [0.1, 0.15) is 30.4 Å². The van der Waals surface area contributed by atoms with E-state index in [1.807, 2.05) is 6.07 Å². The van der Waals surface area contributed by atoms with Crippen molar-refractivity contribution in [3.8, 4) is 11.5 Å².